The zero-order valence-electron chi connectivity index (χ0n) is 10.5. The number of aliphatic carboxylic acids is 1. The van der Waals surface area contributed by atoms with Gasteiger partial charge >= 0.3 is 5.97 Å². The predicted octanol–water partition coefficient (Wildman–Crippen LogP) is -0.262. The van der Waals surface area contributed by atoms with E-state index in [1.165, 1.54) is 0 Å². The Hall–Kier alpha value is -1.59. The standard InChI is InChI=1S/C12H18N2O4/c1-12(2)8(9(12)11(17)18)10(16)14-6-3-4-7(15)13-5-6/h6,8-9H,3-5H2,1-2H3,(H,13,15)(H,14,16)(H,17,18)/t6?,8-,9+/m1/s1. The van der Waals surface area contributed by atoms with Crippen LogP contribution in [0, 0.1) is 17.3 Å². The third-order valence-electron chi connectivity index (χ3n) is 3.99. The number of nitrogens with one attached hydrogen (secondary N) is 2. The molecule has 0 spiro atoms. The molecule has 3 atom stereocenters. The van der Waals surface area contributed by atoms with Crippen molar-refractivity contribution < 1.29 is 19.5 Å². The van der Waals surface area contributed by atoms with Gasteiger partial charge in [-0.25, -0.2) is 0 Å². The fourth-order valence-electron chi connectivity index (χ4n) is 2.73. The Kier molecular flexibility index (Phi) is 3.04. The second-order valence-corrected chi connectivity index (χ2v) is 5.66. The van der Waals surface area contributed by atoms with E-state index in [0.29, 0.717) is 19.4 Å². The molecule has 1 aliphatic heterocycles. The summed E-state index contributed by atoms with van der Waals surface area (Å²) in [5.41, 5.74) is -0.478. The molecule has 100 valence electrons. The summed E-state index contributed by atoms with van der Waals surface area (Å²) in [6.07, 6.45) is 1.02. The number of carbonyl (C=O) groups is 3. The molecule has 6 nitrogen and oxygen atoms in total. The lowest BCUT2D eigenvalue weighted by Crippen LogP contribution is -2.48. The van der Waals surface area contributed by atoms with E-state index in [-0.39, 0.29) is 17.9 Å². The zero-order valence-corrected chi connectivity index (χ0v) is 10.5. The van der Waals surface area contributed by atoms with Crippen molar-refractivity contribution >= 4 is 17.8 Å². The largest absolute Gasteiger partial charge is 0.481 e. The molecule has 6 heteroatoms. The van der Waals surface area contributed by atoms with Crippen molar-refractivity contribution in [1.82, 2.24) is 10.6 Å². The normalized spacial score (nSPS) is 33.4. The summed E-state index contributed by atoms with van der Waals surface area (Å²) in [6, 6.07) is -0.0824. The number of piperidine rings is 1. The molecule has 0 aromatic rings. The van der Waals surface area contributed by atoms with E-state index >= 15 is 0 Å². The summed E-state index contributed by atoms with van der Waals surface area (Å²) in [4.78, 5) is 34.0. The maximum atomic E-state index is 12.0. The van der Waals surface area contributed by atoms with Gasteiger partial charge in [-0.05, 0) is 11.8 Å². The number of hydrogen-bond acceptors (Lipinski definition) is 3. The Labute approximate surface area is 105 Å². The Balaban J connectivity index is 1.90. The maximum absolute atomic E-state index is 12.0. The van der Waals surface area contributed by atoms with Crippen LogP contribution < -0.4 is 10.6 Å². The Morgan fingerprint density at radius 3 is 2.50 bits per heavy atom. The first-order valence-electron chi connectivity index (χ1n) is 6.14. The summed E-state index contributed by atoms with van der Waals surface area (Å²) in [5, 5.41) is 14.5. The smallest absolute Gasteiger partial charge is 0.307 e. The molecule has 0 radical (unpaired) electrons. The molecule has 0 aromatic carbocycles. The molecule has 1 saturated carbocycles. The quantitative estimate of drug-likeness (QED) is 0.646. The van der Waals surface area contributed by atoms with Crippen LogP contribution in [0.1, 0.15) is 26.7 Å². The van der Waals surface area contributed by atoms with Crippen molar-refractivity contribution in [1.29, 1.82) is 0 Å². The van der Waals surface area contributed by atoms with E-state index in [2.05, 4.69) is 10.6 Å². The minimum absolute atomic E-state index is 0.00402. The number of carboxylic acid groups (broad SMARTS) is 1. The van der Waals surface area contributed by atoms with Crippen molar-refractivity contribution in [3.8, 4) is 0 Å². The first kappa shape index (κ1) is 12.9. The van der Waals surface area contributed by atoms with Crippen LogP contribution in [0.3, 0.4) is 0 Å². The van der Waals surface area contributed by atoms with Crippen LogP contribution in [0.15, 0.2) is 0 Å². The second-order valence-electron chi connectivity index (χ2n) is 5.66. The van der Waals surface area contributed by atoms with Crippen molar-refractivity contribution in [2.75, 3.05) is 6.54 Å². The van der Waals surface area contributed by atoms with E-state index < -0.39 is 23.2 Å². The van der Waals surface area contributed by atoms with Crippen LogP contribution in [0.2, 0.25) is 0 Å². The fourth-order valence-corrected chi connectivity index (χ4v) is 2.73. The lowest BCUT2D eigenvalue weighted by atomic mass is 10.1. The molecule has 0 aromatic heterocycles. The van der Waals surface area contributed by atoms with Crippen molar-refractivity contribution in [2.45, 2.75) is 32.7 Å². The molecule has 2 rings (SSSR count). The van der Waals surface area contributed by atoms with Crippen LogP contribution in [-0.2, 0) is 14.4 Å². The molecular formula is C12H18N2O4. The van der Waals surface area contributed by atoms with Crippen LogP contribution in [0.4, 0.5) is 0 Å². The molecule has 2 fully saturated rings. The first-order valence-corrected chi connectivity index (χ1v) is 6.14. The molecular weight excluding hydrogens is 236 g/mol. The highest BCUT2D eigenvalue weighted by Crippen LogP contribution is 2.58. The zero-order chi connectivity index (χ0) is 13.5. The van der Waals surface area contributed by atoms with E-state index in [0.717, 1.165) is 0 Å². The minimum Gasteiger partial charge on any atom is -0.481 e. The lowest BCUT2D eigenvalue weighted by molar-refractivity contribution is -0.140. The summed E-state index contributed by atoms with van der Waals surface area (Å²) in [5.74, 6) is -2.20. The average Bonchev–Trinajstić information content (AvgIpc) is 2.85. The molecule has 1 heterocycles. The second kappa shape index (κ2) is 4.26. The van der Waals surface area contributed by atoms with Crippen molar-refractivity contribution in [2.24, 2.45) is 17.3 Å². The molecule has 2 amide bonds. The van der Waals surface area contributed by atoms with E-state index in [1.807, 2.05) is 0 Å². The van der Waals surface area contributed by atoms with Gasteiger partial charge in [0.25, 0.3) is 0 Å². The summed E-state index contributed by atoms with van der Waals surface area (Å²) in [6.45, 7) is 4.01. The monoisotopic (exact) mass is 254 g/mol. The Bertz CT molecular complexity index is 395. The van der Waals surface area contributed by atoms with E-state index in [4.69, 9.17) is 5.11 Å². The lowest BCUT2D eigenvalue weighted by Gasteiger charge is -2.23. The highest BCUT2D eigenvalue weighted by Gasteiger charge is 2.65. The predicted molar refractivity (Wildman–Crippen MR) is 62.6 cm³/mol. The van der Waals surface area contributed by atoms with E-state index in [9.17, 15) is 14.4 Å². The average molecular weight is 254 g/mol. The van der Waals surface area contributed by atoms with Crippen LogP contribution in [0.5, 0.6) is 0 Å². The third kappa shape index (κ3) is 2.19. The van der Waals surface area contributed by atoms with Gasteiger partial charge in [-0.3, -0.25) is 14.4 Å². The van der Waals surface area contributed by atoms with Gasteiger partial charge in [-0.2, -0.15) is 0 Å². The number of amides is 2. The molecule has 3 N–H and O–H groups in total. The van der Waals surface area contributed by atoms with Gasteiger partial charge in [0.1, 0.15) is 0 Å². The number of hydrogen-bond donors (Lipinski definition) is 3. The van der Waals surface area contributed by atoms with Crippen LogP contribution in [-0.4, -0.2) is 35.5 Å². The number of carbonyl (C=O) groups excluding carboxylic acids is 2. The van der Waals surface area contributed by atoms with Gasteiger partial charge in [-0.15, -0.1) is 0 Å². The maximum Gasteiger partial charge on any atom is 0.307 e. The highest BCUT2D eigenvalue weighted by atomic mass is 16.4. The Morgan fingerprint density at radius 1 is 1.39 bits per heavy atom. The summed E-state index contributed by atoms with van der Waals surface area (Å²) >= 11 is 0. The van der Waals surface area contributed by atoms with Gasteiger partial charge in [0, 0.05) is 19.0 Å². The summed E-state index contributed by atoms with van der Waals surface area (Å²) < 4.78 is 0. The SMILES string of the molecule is CC1(C)[C@H](C(=O)O)[C@@H]1C(=O)NC1CCC(=O)NC1. The van der Waals surface area contributed by atoms with Crippen molar-refractivity contribution in [3.05, 3.63) is 0 Å². The molecule has 2 aliphatic rings. The fraction of sp³-hybridized carbons (Fsp3) is 0.750. The van der Waals surface area contributed by atoms with Gasteiger partial charge in [0.2, 0.25) is 11.8 Å². The molecule has 18 heavy (non-hydrogen) atoms. The van der Waals surface area contributed by atoms with Gasteiger partial charge < -0.3 is 15.7 Å². The van der Waals surface area contributed by atoms with Crippen molar-refractivity contribution in [3.63, 3.8) is 0 Å². The topological polar surface area (TPSA) is 95.5 Å². The number of rotatable bonds is 3. The first-order chi connectivity index (χ1) is 8.34. The Morgan fingerprint density at radius 2 is 2.06 bits per heavy atom. The molecule has 1 saturated heterocycles. The molecule has 1 unspecified atom stereocenters. The van der Waals surface area contributed by atoms with Gasteiger partial charge in [-0.1, -0.05) is 13.8 Å². The highest BCUT2D eigenvalue weighted by molar-refractivity contribution is 5.92. The van der Waals surface area contributed by atoms with E-state index in [1.54, 1.807) is 13.8 Å². The molecule has 1 aliphatic carbocycles. The molecule has 0 bridgehead atoms. The van der Waals surface area contributed by atoms with Gasteiger partial charge in [0.05, 0.1) is 11.8 Å². The third-order valence-corrected chi connectivity index (χ3v) is 3.99. The number of carboxylic acids is 1. The van der Waals surface area contributed by atoms with Crippen LogP contribution >= 0.6 is 0 Å². The minimum atomic E-state index is -0.919. The van der Waals surface area contributed by atoms with Crippen LogP contribution in [0.25, 0.3) is 0 Å². The van der Waals surface area contributed by atoms with Gasteiger partial charge in [0.15, 0.2) is 0 Å². The summed E-state index contributed by atoms with van der Waals surface area (Å²) in [7, 11) is 0.